The average Bonchev–Trinajstić information content (AvgIpc) is 2.09. The van der Waals surface area contributed by atoms with E-state index in [0.29, 0.717) is 12.8 Å². The van der Waals surface area contributed by atoms with Gasteiger partial charge in [-0.1, -0.05) is 0 Å². The number of nitrogens with zero attached hydrogens (tertiary/aromatic N) is 2. The number of carbonyl (C=O) groups excluding carboxylic acids is 1. The highest BCUT2D eigenvalue weighted by molar-refractivity contribution is 7.86. The molecule has 2 rings (SSSR count). The Bertz CT molecular complexity index is 491. The summed E-state index contributed by atoms with van der Waals surface area (Å²) in [5.74, 6) is -1.83. The molecule has 1 spiro atoms. The van der Waals surface area contributed by atoms with E-state index in [1.807, 2.05) is 0 Å². The highest BCUT2D eigenvalue weighted by Crippen LogP contribution is 2.50. The van der Waals surface area contributed by atoms with Gasteiger partial charge in [-0.2, -0.15) is 25.9 Å². The Labute approximate surface area is 108 Å². The van der Waals surface area contributed by atoms with Crippen LogP contribution in [-0.2, 0) is 15.0 Å². The SMILES string of the molecule is CN(C1CC2(C1)CN(C(=O)C(F)(F)F)C2)S(N)(=O)=O. The molecule has 1 amide bonds. The summed E-state index contributed by atoms with van der Waals surface area (Å²) in [5.41, 5.74) is -0.371. The Morgan fingerprint density at radius 3 is 2.21 bits per heavy atom. The van der Waals surface area contributed by atoms with E-state index in [1.54, 1.807) is 0 Å². The smallest absolute Gasteiger partial charge is 0.334 e. The van der Waals surface area contributed by atoms with Gasteiger partial charge in [-0.05, 0) is 12.8 Å². The first kappa shape index (κ1) is 14.5. The van der Waals surface area contributed by atoms with Crippen LogP contribution in [0.4, 0.5) is 13.2 Å². The zero-order valence-electron chi connectivity index (χ0n) is 10.1. The third kappa shape index (κ3) is 2.56. The van der Waals surface area contributed by atoms with Crippen molar-refractivity contribution in [3.05, 3.63) is 0 Å². The highest BCUT2D eigenvalue weighted by Gasteiger charge is 2.58. The number of rotatable bonds is 2. The van der Waals surface area contributed by atoms with Gasteiger partial charge in [-0.15, -0.1) is 0 Å². The molecule has 0 unspecified atom stereocenters. The number of carbonyl (C=O) groups is 1. The van der Waals surface area contributed by atoms with Crippen molar-refractivity contribution in [2.45, 2.75) is 25.1 Å². The second-order valence-corrected chi connectivity index (χ2v) is 6.89. The molecule has 0 bridgehead atoms. The maximum absolute atomic E-state index is 12.2. The maximum atomic E-state index is 12.2. The van der Waals surface area contributed by atoms with E-state index < -0.39 is 22.3 Å². The largest absolute Gasteiger partial charge is 0.471 e. The van der Waals surface area contributed by atoms with Crippen molar-refractivity contribution in [1.82, 2.24) is 9.21 Å². The van der Waals surface area contributed by atoms with Gasteiger partial charge in [0, 0.05) is 31.6 Å². The summed E-state index contributed by atoms with van der Waals surface area (Å²) in [6.45, 7) is 0.0562. The van der Waals surface area contributed by atoms with Gasteiger partial charge in [0.1, 0.15) is 0 Å². The van der Waals surface area contributed by atoms with Gasteiger partial charge < -0.3 is 4.90 Å². The van der Waals surface area contributed by atoms with E-state index in [-0.39, 0.29) is 24.5 Å². The van der Waals surface area contributed by atoms with E-state index in [0.717, 1.165) is 9.21 Å². The van der Waals surface area contributed by atoms with Crippen LogP contribution < -0.4 is 5.14 Å². The molecule has 1 saturated carbocycles. The minimum absolute atomic E-state index is 0.0281. The van der Waals surface area contributed by atoms with Crippen LogP contribution in [0.25, 0.3) is 0 Å². The second-order valence-electron chi connectivity index (χ2n) is 5.28. The lowest BCUT2D eigenvalue weighted by molar-refractivity contribution is -0.202. The quantitative estimate of drug-likeness (QED) is 0.758. The Morgan fingerprint density at radius 1 is 1.37 bits per heavy atom. The van der Waals surface area contributed by atoms with E-state index in [1.165, 1.54) is 7.05 Å². The first-order valence-corrected chi connectivity index (χ1v) is 7.07. The third-order valence-electron chi connectivity index (χ3n) is 3.84. The standard InChI is InChI=1S/C9H14F3N3O3S/c1-14(19(13,17)18)6-2-8(3-6)4-15(5-8)7(16)9(10,11)12/h6H,2-5H2,1H3,(H2,13,17,18). The fraction of sp³-hybridized carbons (Fsp3) is 0.889. The van der Waals surface area contributed by atoms with Gasteiger partial charge in [-0.25, -0.2) is 5.14 Å². The molecule has 0 atom stereocenters. The minimum atomic E-state index is -4.85. The summed E-state index contributed by atoms with van der Waals surface area (Å²) >= 11 is 0. The van der Waals surface area contributed by atoms with Crippen LogP contribution in [0, 0.1) is 5.41 Å². The van der Waals surface area contributed by atoms with Crippen molar-refractivity contribution in [2.24, 2.45) is 10.6 Å². The van der Waals surface area contributed by atoms with Crippen LogP contribution in [0.2, 0.25) is 0 Å². The van der Waals surface area contributed by atoms with Gasteiger partial charge >= 0.3 is 12.1 Å². The molecule has 1 saturated heterocycles. The normalized spacial score (nSPS) is 23.4. The van der Waals surface area contributed by atoms with Crippen LogP contribution in [0.1, 0.15) is 12.8 Å². The first-order valence-electron chi connectivity index (χ1n) is 5.56. The summed E-state index contributed by atoms with van der Waals surface area (Å²) in [5, 5.41) is 4.95. The number of likely N-dealkylation sites (tertiary alicyclic amines) is 1. The fourth-order valence-electron chi connectivity index (χ4n) is 2.75. The Hall–Kier alpha value is -0.870. The molecule has 2 fully saturated rings. The second kappa shape index (κ2) is 4.06. The summed E-state index contributed by atoms with van der Waals surface area (Å²) in [6.07, 6.45) is -3.98. The lowest BCUT2D eigenvalue weighted by atomic mass is 9.60. The molecule has 0 aromatic heterocycles. The first-order chi connectivity index (χ1) is 8.45. The van der Waals surface area contributed by atoms with Gasteiger partial charge in [-0.3, -0.25) is 4.79 Å². The molecule has 1 heterocycles. The maximum Gasteiger partial charge on any atom is 0.471 e. The van der Waals surface area contributed by atoms with Crippen LogP contribution in [0.15, 0.2) is 0 Å². The lowest BCUT2D eigenvalue weighted by Crippen LogP contribution is -2.69. The number of hydrogen-bond acceptors (Lipinski definition) is 3. The monoisotopic (exact) mass is 301 g/mol. The number of amides is 1. The Morgan fingerprint density at radius 2 is 1.84 bits per heavy atom. The van der Waals surface area contributed by atoms with Crippen molar-refractivity contribution in [1.29, 1.82) is 0 Å². The van der Waals surface area contributed by atoms with E-state index >= 15 is 0 Å². The molecule has 110 valence electrons. The number of hydrogen-bond donors (Lipinski definition) is 1. The van der Waals surface area contributed by atoms with Crippen molar-refractivity contribution in [3.63, 3.8) is 0 Å². The van der Waals surface area contributed by atoms with Gasteiger partial charge in [0.05, 0.1) is 0 Å². The Balaban J connectivity index is 1.86. The average molecular weight is 301 g/mol. The van der Waals surface area contributed by atoms with Crippen LogP contribution in [0.5, 0.6) is 0 Å². The molecule has 2 N–H and O–H groups in total. The summed E-state index contributed by atoms with van der Waals surface area (Å²) in [7, 11) is -2.44. The molecule has 0 radical (unpaired) electrons. The molecule has 1 aliphatic heterocycles. The fourth-order valence-corrected chi connectivity index (χ4v) is 3.31. The molecular formula is C9H14F3N3O3S. The summed E-state index contributed by atoms with van der Waals surface area (Å²) in [4.78, 5) is 11.7. The molecule has 2 aliphatic rings. The van der Waals surface area contributed by atoms with Crippen LogP contribution in [0.3, 0.4) is 0 Å². The highest BCUT2D eigenvalue weighted by atomic mass is 32.2. The summed E-state index contributed by atoms with van der Waals surface area (Å²) < 4.78 is 59.7. The number of nitrogens with two attached hydrogens (primary N) is 1. The molecule has 10 heteroatoms. The van der Waals surface area contributed by atoms with E-state index in [2.05, 4.69) is 0 Å². The van der Waals surface area contributed by atoms with Crippen molar-refractivity contribution < 1.29 is 26.4 Å². The minimum Gasteiger partial charge on any atom is -0.334 e. The van der Waals surface area contributed by atoms with Gasteiger partial charge in [0.25, 0.3) is 10.2 Å². The number of alkyl halides is 3. The van der Waals surface area contributed by atoms with E-state index in [4.69, 9.17) is 5.14 Å². The van der Waals surface area contributed by atoms with Crippen molar-refractivity contribution in [2.75, 3.05) is 20.1 Å². The number of halogens is 3. The predicted molar refractivity (Wildman–Crippen MR) is 59.0 cm³/mol. The van der Waals surface area contributed by atoms with Gasteiger partial charge in [0.2, 0.25) is 0 Å². The predicted octanol–water partition coefficient (Wildman–Crippen LogP) is -0.325. The van der Waals surface area contributed by atoms with Gasteiger partial charge in [0.15, 0.2) is 0 Å². The summed E-state index contributed by atoms with van der Waals surface area (Å²) in [6, 6.07) is -0.293. The van der Waals surface area contributed by atoms with Crippen molar-refractivity contribution in [3.8, 4) is 0 Å². The van der Waals surface area contributed by atoms with Crippen LogP contribution in [-0.4, -0.2) is 55.9 Å². The third-order valence-corrected chi connectivity index (χ3v) is 4.94. The molecule has 6 nitrogen and oxygen atoms in total. The zero-order valence-corrected chi connectivity index (χ0v) is 11.0. The lowest BCUT2D eigenvalue weighted by Gasteiger charge is -2.60. The van der Waals surface area contributed by atoms with E-state index in [9.17, 15) is 26.4 Å². The molecule has 0 aromatic rings. The van der Waals surface area contributed by atoms with Crippen LogP contribution >= 0.6 is 0 Å². The zero-order chi connectivity index (χ0) is 14.6. The topological polar surface area (TPSA) is 83.7 Å². The molecule has 1 aliphatic carbocycles. The molecular weight excluding hydrogens is 287 g/mol. The van der Waals surface area contributed by atoms with Crippen molar-refractivity contribution >= 4 is 16.1 Å². The molecule has 0 aromatic carbocycles. The molecule has 19 heavy (non-hydrogen) atoms. The Kier molecular flexibility index (Phi) is 3.11.